The summed E-state index contributed by atoms with van der Waals surface area (Å²) in [5.74, 6) is -1.11. The van der Waals surface area contributed by atoms with Crippen LogP contribution in [0.5, 0.6) is 0 Å². The van der Waals surface area contributed by atoms with Gasteiger partial charge < -0.3 is 19.6 Å². The Labute approximate surface area is 87.3 Å². The summed E-state index contributed by atoms with van der Waals surface area (Å²) >= 11 is 0. The Morgan fingerprint density at radius 3 is 3.00 bits per heavy atom. The Morgan fingerprint density at radius 2 is 2.47 bits per heavy atom. The zero-order valence-electron chi connectivity index (χ0n) is 8.69. The van der Waals surface area contributed by atoms with E-state index in [1.54, 1.807) is 0 Å². The van der Waals surface area contributed by atoms with Crippen molar-refractivity contribution in [1.29, 1.82) is 0 Å². The van der Waals surface area contributed by atoms with Gasteiger partial charge in [0.15, 0.2) is 5.69 Å². The van der Waals surface area contributed by atoms with E-state index in [1.807, 2.05) is 13.8 Å². The number of aromatic nitrogens is 1. The van der Waals surface area contributed by atoms with E-state index in [-0.39, 0.29) is 17.8 Å². The van der Waals surface area contributed by atoms with Gasteiger partial charge in [-0.15, -0.1) is 0 Å². The zero-order valence-corrected chi connectivity index (χ0v) is 8.69. The molecule has 1 aromatic heterocycles. The Morgan fingerprint density at radius 1 is 1.73 bits per heavy atom. The molecule has 0 spiro atoms. The predicted octanol–water partition coefficient (Wildman–Crippen LogP) is 1.21. The minimum Gasteiger partial charge on any atom is -0.476 e. The molecule has 0 aliphatic heterocycles. The van der Waals surface area contributed by atoms with E-state index < -0.39 is 5.97 Å². The zero-order chi connectivity index (χ0) is 11.3. The van der Waals surface area contributed by atoms with Crippen molar-refractivity contribution in [2.45, 2.75) is 20.0 Å². The van der Waals surface area contributed by atoms with Gasteiger partial charge in [-0.25, -0.2) is 4.79 Å². The van der Waals surface area contributed by atoms with Gasteiger partial charge in [-0.3, -0.25) is 0 Å². The minimum atomic E-state index is -1.11. The standard InChI is InChI=1S/C9H14N2O4/c1-6(2)14-4-3-10-9-11-7(5-15-9)8(12)13/h5-6H,3-4H2,1-2H3,(H,10,11)(H,12,13). The van der Waals surface area contributed by atoms with Crippen molar-refractivity contribution in [3.05, 3.63) is 12.0 Å². The van der Waals surface area contributed by atoms with Crippen LogP contribution < -0.4 is 5.32 Å². The number of aromatic carboxylic acids is 1. The van der Waals surface area contributed by atoms with Crippen LogP contribution in [0.4, 0.5) is 6.01 Å². The van der Waals surface area contributed by atoms with Crippen LogP contribution in [0.1, 0.15) is 24.3 Å². The molecule has 0 atom stereocenters. The highest BCUT2D eigenvalue weighted by atomic mass is 16.5. The first-order chi connectivity index (χ1) is 7.09. The van der Waals surface area contributed by atoms with E-state index in [4.69, 9.17) is 14.3 Å². The summed E-state index contributed by atoms with van der Waals surface area (Å²) in [6.07, 6.45) is 1.26. The molecule has 0 saturated heterocycles. The summed E-state index contributed by atoms with van der Waals surface area (Å²) in [7, 11) is 0. The highest BCUT2D eigenvalue weighted by molar-refractivity contribution is 5.85. The van der Waals surface area contributed by atoms with Crippen LogP contribution >= 0.6 is 0 Å². The fraction of sp³-hybridized carbons (Fsp3) is 0.556. The van der Waals surface area contributed by atoms with Gasteiger partial charge in [0.2, 0.25) is 0 Å². The van der Waals surface area contributed by atoms with E-state index >= 15 is 0 Å². The quantitative estimate of drug-likeness (QED) is 0.692. The Hall–Kier alpha value is -1.56. The fourth-order valence-electron chi connectivity index (χ4n) is 0.906. The molecule has 1 rings (SSSR count). The first-order valence-electron chi connectivity index (χ1n) is 4.64. The van der Waals surface area contributed by atoms with Crippen molar-refractivity contribution in [3.63, 3.8) is 0 Å². The number of anilines is 1. The topological polar surface area (TPSA) is 84.6 Å². The molecule has 0 amide bonds. The second-order valence-electron chi connectivity index (χ2n) is 3.19. The van der Waals surface area contributed by atoms with E-state index in [0.717, 1.165) is 6.26 Å². The lowest BCUT2D eigenvalue weighted by Gasteiger charge is -2.06. The molecule has 1 heterocycles. The van der Waals surface area contributed by atoms with Crippen LogP contribution in [-0.4, -0.2) is 35.3 Å². The van der Waals surface area contributed by atoms with Gasteiger partial charge in [-0.2, -0.15) is 4.98 Å². The molecular formula is C9H14N2O4. The third-order valence-corrected chi connectivity index (χ3v) is 1.55. The third-order valence-electron chi connectivity index (χ3n) is 1.55. The molecule has 2 N–H and O–H groups in total. The average Bonchev–Trinajstić information content (AvgIpc) is 2.60. The summed E-state index contributed by atoms with van der Waals surface area (Å²) in [4.78, 5) is 14.2. The largest absolute Gasteiger partial charge is 0.476 e. The lowest BCUT2D eigenvalue weighted by atomic mass is 10.5. The van der Waals surface area contributed by atoms with Crippen LogP contribution in [-0.2, 0) is 4.74 Å². The minimum absolute atomic E-state index is 0.109. The number of carbonyl (C=O) groups is 1. The molecule has 0 aliphatic rings. The molecule has 15 heavy (non-hydrogen) atoms. The van der Waals surface area contributed by atoms with E-state index in [9.17, 15) is 4.79 Å². The summed E-state index contributed by atoms with van der Waals surface area (Å²) in [5.41, 5.74) is -0.109. The van der Waals surface area contributed by atoms with Crippen molar-refractivity contribution in [2.75, 3.05) is 18.5 Å². The van der Waals surface area contributed by atoms with Crippen LogP contribution in [0.3, 0.4) is 0 Å². The van der Waals surface area contributed by atoms with Gasteiger partial charge in [-0.1, -0.05) is 0 Å². The van der Waals surface area contributed by atoms with Crippen molar-refractivity contribution in [3.8, 4) is 0 Å². The molecule has 84 valence electrons. The normalized spacial score (nSPS) is 10.6. The summed E-state index contributed by atoms with van der Waals surface area (Å²) in [6.45, 7) is 4.92. The lowest BCUT2D eigenvalue weighted by Crippen LogP contribution is -2.13. The Balaban J connectivity index is 2.29. The van der Waals surface area contributed by atoms with Crippen LogP contribution in [0.2, 0.25) is 0 Å². The van der Waals surface area contributed by atoms with Crippen molar-refractivity contribution >= 4 is 12.0 Å². The van der Waals surface area contributed by atoms with Gasteiger partial charge in [0.1, 0.15) is 6.26 Å². The first kappa shape index (κ1) is 11.5. The monoisotopic (exact) mass is 214 g/mol. The second kappa shape index (κ2) is 5.35. The molecule has 0 aliphatic carbocycles. The molecule has 0 radical (unpaired) electrons. The molecule has 1 aromatic rings. The van der Waals surface area contributed by atoms with Crippen molar-refractivity contribution in [1.82, 2.24) is 4.98 Å². The number of hydrogen-bond acceptors (Lipinski definition) is 5. The molecule has 0 saturated carbocycles. The van der Waals surface area contributed by atoms with Crippen molar-refractivity contribution in [2.24, 2.45) is 0 Å². The smallest absolute Gasteiger partial charge is 0.357 e. The van der Waals surface area contributed by atoms with Gasteiger partial charge in [0, 0.05) is 6.54 Å². The van der Waals surface area contributed by atoms with Gasteiger partial charge in [0.05, 0.1) is 12.7 Å². The Kier molecular flexibility index (Phi) is 4.11. The molecule has 6 nitrogen and oxygen atoms in total. The van der Waals surface area contributed by atoms with Gasteiger partial charge >= 0.3 is 5.97 Å². The summed E-state index contributed by atoms with van der Waals surface area (Å²) in [5, 5.41) is 11.4. The fourth-order valence-corrected chi connectivity index (χ4v) is 0.906. The highest BCUT2D eigenvalue weighted by Gasteiger charge is 2.09. The number of nitrogens with zero attached hydrogens (tertiary/aromatic N) is 1. The third kappa shape index (κ3) is 3.99. The number of nitrogens with one attached hydrogen (secondary N) is 1. The number of hydrogen-bond donors (Lipinski definition) is 2. The van der Waals surface area contributed by atoms with Crippen LogP contribution in [0.25, 0.3) is 0 Å². The van der Waals surface area contributed by atoms with Gasteiger partial charge in [0.25, 0.3) is 6.01 Å². The van der Waals surface area contributed by atoms with Crippen LogP contribution in [0, 0.1) is 0 Å². The molecule has 0 unspecified atom stereocenters. The maximum Gasteiger partial charge on any atom is 0.357 e. The van der Waals surface area contributed by atoms with E-state index in [0.29, 0.717) is 13.2 Å². The van der Waals surface area contributed by atoms with Crippen LogP contribution in [0.15, 0.2) is 10.7 Å². The SMILES string of the molecule is CC(C)OCCNc1nc(C(=O)O)co1. The maximum atomic E-state index is 10.5. The molecular weight excluding hydrogens is 200 g/mol. The van der Waals surface area contributed by atoms with Crippen molar-refractivity contribution < 1.29 is 19.1 Å². The second-order valence-corrected chi connectivity index (χ2v) is 3.19. The Bertz CT molecular complexity index is 322. The predicted molar refractivity (Wildman–Crippen MR) is 53.0 cm³/mol. The number of ether oxygens (including phenoxy) is 1. The summed E-state index contributed by atoms with van der Waals surface area (Å²) in [6, 6.07) is 0.194. The van der Waals surface area contributed by atoms with E-state index in [1.165, 1.54) is 0 Å². The van der Waals surface area contributed by atoms with Gasteiger partial charge in [-0.05, 0) is 13.8 Å². The first-order valence-corrected chi connectivity index (χ1v) is 4.64. The highest BCUT2D eigenvalue weighted by Crippen LogP contribution is 2.06. The molecule has 0 fully saturated rings. The summed E-state index contributed by atoms with van der Waals surface area (Å²) < 4.78 is 10.1. The molecule has 6 heteroatoms. The number of rotatable bonds is 6. The number of oxazole rings is 1. The number of carboxylic acid groups (broad SMARTS) is 1. The molecule has 0 aromatic carbocycles. The number of carboxylic acids is 1. The molecule has 0 bridgehead atoms. The maximum absolute atomic E-state index is 10.5. The average molecular weight is 214 g/mol. The lowest BCUT2D eigenvalue weighted by molar-refractivity contribution is 0.0690. The van der Waals surface area contributed by atoms with E-state index in [2.05, 4.69) is 10.3 Å².